The molecule has 2 heterocycles. The van der Waals surface area contributed by atoms with E-state index in [0.717, 1.165) is 67.0 Å². The van der Waals surface area contributed by atoms with Crippen molar-refractivity contribution in [3.05, 3.63) is 51.0 Å². The number of nitrogens with zero attached hydrogens (tertiary/aromatic N) is 2. The van der Waals surface area contributed by atoms with Gasteiger partial charge in [-0.15, -0.1) is 11.3 Å². The van der Waals surface area contributed by atoms with E-state index in [0.29, 0.717) is 12.5 Å². The van der Waals surface area contributed by atoms with Crippen molar-refractivity contribution < 1.29 is 9.59 Å². The second-order valence-corrected chi connectivity index (χ2v) is 9.29. The molecule has 2 aromatic rings. The highest BCUT2D eigenvalue weighted by Gasteiger charge is 2.29. The lowest BCUT2D eigenvalue weighted by molar-refractivity contribution is -0.122. The number of hydrogen-bond donors (Lipinski definition) is 1. The number of aryl methyl sites for hydroxylation is 2. The van der Waals surface area contributed by atoms with Crippen molar-refractivity contribution in [1.29, 1.82) is 0 Å². The quantitative estimate of drug-likeness (QED) is 0.785. The van der Waals surface area contributed by atoms with Crippen molar-refractivity contribution in [2.75, 3.05) is 19.6 Å². The van der Waals surface area contributed by atoms with E-state index >= 15 is 0 Å². The van der Waals surface area contributed by atoms with Crippen LogP contribution in [0.4, 0.5) is 0 Å². The van der Waals surface area contributed by atoms with Crippen LogP contribution in [0.1, 0.15) is 63.8 Å². The van der Waals surface area contributed by atoms with Gasteiger partial charge in [0.2, 0.25) is 5.91 Å². The zero-order valence-corrected chi connectivity index (χ0v) is 18.1. The van der Waals surface area contributed by atoms with E-state index in [1.54, 1.807) is 11.3 Å². The van der Waals surface area contributed by atoms with Gasteiger partial charge in [-0.3, -0.25) is 9.59 Å². The fourth-order valence-corrected chi connectivity index (χ4v) is 5.00. The Morgan fingerprint density at radius 3 is 2.83 bits per heavy atom. The summed E-state index contributed by atoms with van der Waals surface area (Å²) < 4.78 is 0. The van der Waals surface area contributed by atoms with Gasteiger partial charge in [-0.2, -0.15) is 0 Å². The van der Waals surface area contributed by atoms with Crippen molar-refractivity contribution in [2.45, 2.75) is 51.9 Å². The molecule has 2 amide bonds. The van der Waals surface area contributed by atoms with Crippen molar-refractivity contribution in [3.63, 3.8) is 0 Å². The lowest BCUT2D eigenvalue weighted by atomic mass is 9.97. The molecule has 2 fully saturated rings. The zero-order chi connectivity index (χ0) is 20.4. The van der Waals surface area contributed by atoms with E-state index in [4.69, 9.17) is 4.98 Å². The van der Waals surface area contributed by atoms with E-state index in [9.17, 15) is 9.59 Å². The van der Waals surface area contributed by atoms with E-state index in [2.05, 4.69) is 23.7 Å². The molecule has 1 aliphatic carbocycles. The average Bonchev–Trinajstić information content (AvgIpc) is 3.46. The van der Waals surface area contributed by atoms with Crippen LogP contribution >= 0.6 is 11.3 Å². The molecule has 1 aromatic carbocycles. The Morgan fingerprint density at radius 1 is 1.24 bits per heavy atom. The smallest absolute Gasteiger partial charge is 0.254 e. The van der Waals surface area contributed by atoms with Gasteiger partial charge in [0, 0.05) is 48.8 Å². The molecule has 29 heavy (non-hydrogen) atoms. The monoisotopic (exact) mass is 411 g/mol. The predicted molar refractivity (Wildman–Crippen MR) is 115 cm³/mol. The summed E-state index contributed by atoms with van der Waals surface area (Å²) in [6, 6.07) is 6.04. The standard InChI is InChI=1S/C23H29N3O2S/c1-15-5-8-20(16(2)12-15)23(28)26-11-3-4-18(13-26)22-25-19(14-29-22)9-10-24-21(27)17-6-7-17/h5,8,12,14,17-18H,3-4,6-7,9-11,13H2,1-2H3,(H,24,27)/t18-/m0/s1. The van der Waals surface area contributed by atoms with Gasteiger partial charge >= 0.3 is 0 Å². The van der Waals surface area contributed by atoms with Crippen LogP contribution < -0.4 is 5.32 Å². The average molecular weight is 412 g/mol. The Morgan fingerprint density at radius 2 is 2.07 bits per heavy atom. The molecule has 4 rings (SSSR count). The van der Waals surface area contributed by atoms with Crippen LogP contribution in [0.2, 0.25) is 0 Å². The first kappa shape index (κ1) is 20.1. The second kappa shape index (κ2) is 8.66. The van der Waals surface area contributed by atoms with Gasteiger partial charge in [0.05, 0.1) is 10.7 Å². The SMILES string of the molecule is Cc1ccc(C(=O)N2CCC[C@H](c3nc(CCNC(=O)C4CC4)cs3)C2)c(C)c1. The summed E-state index contributed by atoms with van der Waals surface area (Å²) in [5.41, 5.74) is 4.07. The number of carbonyl (C=O) groups is 2. The van der Waals surface area contributed by atoms with E-state index in [1.165, 1.54) is 5.56 Å². The van der Waals surface area contributed by atoms with Gasteiger partial charge < -0.3 is 10.2 Å². The van der Waals surface area contributed by atoms with Gasteiger partial charge in [-0.25, -0.2) is 4.98 Å². The number of nitrogens with one attached hydrogen (secondary N) is 1. The summed E-state index contributed by atoms with van der Waals surface area (Å²) in [5.74, 6) is 0.877. The number of likely N-dealkylation sites (tertiary alicyclic amines) is 1. The minimum absolute atomic E-state index is 0.131. The Kier molecular flexibility index (Phi) is 5.99. The zero-order valence-electron chi connectivity index (χ0n) is 17.2. The predicted octanol–water partition coefficient (Wildman–Crippen LogP) is 3.85. The van der Waals surface area contributed by atoms with Gasteiger partial charge in [0.1, 0.15) is 0 Å². The fourth-order valence-electron chi connectivity index (χ4n) is 4.02. The van der Waals surface area contributed by atoms with Crippen LogP contribution in [0.3, 0.4) is 0 Å². The first-order valence-electron chi connectivity index (χ1n) is 10.6. The summed E-state index contributed by atoms with van der Waals surface area (Å²) in [4.78, 5) is 31.6. The third kappa shape index (κ3) is 4.86. The van der Waals surface area contributed by atoms with Crippen LogP contribution in [0.15, 0.2) is 23.6 Å². The first-order chi connectivity index (χ1) is 14.0. The summed E-state index contributed by atoms with van der Waals surface area (Å²) >= 11 is 1.69. The topological polar surface area (TPSA) is 62.3 Å². The second-order valence-electron chi connectivity index (χ2n) is 8.40. The molecule has 1 saturated carbocycles. The molecule has 0 radical (unpaired) electrons. The highest BCUT2D eigenvalue weighted by atomic mass is 32.1. The molecule has 0 spiro atoms. The maximum Gasteiger partial charge on any atom is 0.254 e. The van der Waals surface area contributed by atoms with E-state index < -0.39 is 0 Å². The van der Waals surface area contributed by atoms with Gasteiger partial charge in [-0.1, -0.05) is 17.7 Å². The molecule has 1 atom stereocenters. The van der Waals surface area contributed by atoms with Crippen molar-refractivity contribution >= 4 is 23.2 Å². The third-order valence-corrected chi connectivity index (χ3v) is 6.92. The molecule has 5 nitrogen and oxygen atoms in total. The minimum Gasteiger partial charge on any atom is -0.355 e. The van der Waals surface area contributed by atoms with Crippen molar-refractivity contribution in [2.24, 2.45) is 5.92 Å². The Hall–Kier alpha value is -2.21. The number of amides is 2. The van der Waals surface area contributed by atoms with Gasteiger partial charge in [-0.05, 0) is 51.2 Å². The van der Waals surface area contributed by atoms with Crippen LogP contribution in [0.5, 0.6) is 0 Å². The van der Waals surface area contributed by atoms with Crippen LogP contribution in [-0.2, 0) is 11.2 Å². The number of thiazole rings is 1. The van der Waals surface area contributed by atoms with Crippen LogP contribution in [0, 0.1) is 19.8 Å². The molecular weight excluding hydrogens is 382 g/mol. The molecular formula is C23H29N3O2S. The maximum absolute atomic E-state index is 13.0. The first-order valence-corrected chi connectivity index (χ1v) is 11.5. The number of carbonyl (C=O) groups excluding carboxylic acids is 2. The number of hydrogen-bond acceptors (Lipinski definition) is 4. The molecule has 1 aromatic heterocycles. The Balaban J connectivity index is 1.35. The summed E-state index contributed by atoms with van der Waals surface area (Å²) in [7, 11) is 0. The normalized spacial score (nSPS) is 19.2. The van der Waals surface area contributed by atoms with Crippen LogP contribution in [-0.4, -0.2) is 41.3 Å². The molecule has 0 unspecified atom stereocenters. The number of piperidine rings is 1. The highest BCUT2D eigenvalue weighted by molar-refractivity contribution is 7.09. The summed E-state index contributed by atoms with van der Waals surface area (Å²) in [6.45, 7) is 6.26. The molecule has 0 bridgehead atoms. The molecule has 2 aliphatic rings. The number of aromatic nitrogens is 1. The Labute approximate surface area is 176 Å². The highest BCUT2D eigenvalue weighted by Crippen LogP contribution is 2.31. The molecule has 1 N–H and O–H groups in total. The molecule has 6 heteroatoms. The molecule has 1 aliphatic heterocycles. The lowest BCUT2D eigenvalue weighted by Gasteiger charge is -2.32. The van der Waals surface area contributed by atoms with Gasteiger partial charge in [0.25, 0.3) is 5.91 Å². The maximum atomic E-state index is 13.0. The number of benzene rings is 1. The van der Waals surface area contributed by atoms with Crippen molar-refractivity contribution in [3.8, 4) is 0 Å². The minimum atomic E-state index is 0.131. The third-order valence-electron chi connectivity index (χ3n) is 5.87. The molecule has 1 saturated heterocycles. The lowest BCUT2D eigenvalue weighted by Crippen LogP contribution is -2.39. The van der Waals surface area contributed by atoms with Crippen LogP contribution in [0.25, 0.3) is 0 Å². The number of rotatable bonds is 6. The van der Waals surface area contributed by atoms with E-state index in [1.807, 2.05) is 24.0 Å². The van der Waals surface area contributed by atoms with E-state index in [-0.39, 0.29) is 17.7 Å². The Bertz CT molecular complexity index is 903. The molecule has 154 valence electrons. The summed E-state index contributed by atoms with van der Waals surface area (Å²) in [5, 5.41) is 6.22. The largest absolute Gasteiger partial charge is 0.355 e. The van der Waals surface area contributed by atoms with Gasteiger partial charge in [0.15, 0.2) is 0 Å². The summed E-state index contributed by atoms with van der Waals surface area (Å²) in [6.07, 6.45) is 4.92. The fraction of sp³-hybridized carbons (Fsp3) is 0.522. The van der Waals surface area contributed by atoms with Crippen molar-refractivity contribution in [1.82, 2.24) is 15.2 Å².